The number of aryl methyl sites for hydroxylation is 1. The SMILES string of the molecule is CCn1cc(CNc2ccc(NC(C)=O)cc2Br)cn1. The number of nitrogens with one attached hydrogen (secondary N) is 2. The second-order valence-electron chi connectivity index (χ2n) is 4.43. The van der Waals surface area contributed by atoms with Gasteiger partial charge in [-0.1, -0.05) is 0 Å². The number of carbonyl (C=O) groups excluding carboxylic acids is 1. The molecule has 0 atom stereocenters. The molecule has 20 heavy (non-hydrogen) atoms. The fraction of sp³-hybridized carbons (Fsp3) is 0.286. The van der Waals surface area contributed by atoms with Gasteiger partial charge in [0, 0.05) is 47.6 Å². The standard InChI is InChI=1S/C14H17BrN4O/c1-3-19-9-11(8-17-19)7-16-14-5-4-12(6-13(14)15)18-10(2)20/h4-6,8-9,16H,3,7H2,1-2H3,(H,18,20). The van der Waals surface area contributed by atoms with Crippen molar-refractivity contribution in [1.82, 2.24) is 9.78 Å². The van der Waals surface area contributed by atoms with E-state index in [1.807, 2.05) is 35.3 Å². The quantitative estimate of drug-likeness (QED) is 0.881. The third-order valence-corrected chi connectivity index (χ3v) is 3.44. The Bertz CT molecular complexity index is 609. The van der Waals surface area contributed by atoms with E-state index in [4.69, 9.17) is 0 Å². The minimum atomic E-state index is -0.0791. The molecule has 0 spiro atoms. The van der Waals surface area contributed by atoms with E-state index in [9.17, 15) is 4.79 Å². The van der Waals surface area contributed by atoms with Gasteiger partial charge in [-0.25, -0.2) is 0 Å². The van der Waals surface area contributed by atoms with Crippen LogP contribution in [0.25, 0.3) is 0 Å². The number of rotatable bonds is 5. The molecular formula is C14H17BrN4O. The molecule has 0 aliphatic rings. The highest BCUT2D eigenvalue weighted by Gasteiger charge is 2.03. The van der Waals surface area contributed by atoms with E-state index < -0.39 is 0 Å². The number of hydrogen-bond acceptors (Lipinski definition) is 3. The van der Waals surface area contributed by atoms with Crippen molar-refractivity contribution in [2.45, 2.75) is 26.9 Å². The van der Waals surface area contributed by atoms with Crippen molar-refractivity contribution >= 4 is 33.2 Å². The fourth-order valence-corrected chi connectivity index (χ4v) is 2.33. The number of benzene rings is 1. The zero-order valence-corrected chi connectivity index (χ0v) is 13.1. The van der Waals surface area contributed by atoms with Crippen molar-refractivity contribution in [2.24, 2.45) is 0 Å². The van der Waals surface area contributed by atoms with Gasteiger partial charge in [-0.05, 0) is 41.1 Å². The van der Waals surface area contributed by atoms with Crippen molar-refractivity contribution in [3.05, 3.63) is 40.6 Å². The molecule has 2 N–H and O–H groups in total. The minimum absolute atomic E-state index is 0.0791. The molecule has 0 radical (unpaired) electrons. The number of hydrogen-bond donors (Lipinski definition) is 2. The minimum Gasteiger partial charge on any atom is -0.380 e. The number of amides is 1. The Kier molecular flexibility index (Phi) is 4.79. The molecule has 1 aromatic heterocycles. The van der Waals surface area contributed by atoms with Crippen molar-refractivity contribution in [3.8, 4) is 0 Å². The number of nitrogens with zero attached hydrogens (tertiary/aromatic N) is 2. The van der Waals surface area contributed by atoms with Crippen LogP contribution in [0.5, 0.6) is 0 Å². The van der Waals surface area contributed by atoms with Gasteiger partial charge in [0.1, 0.15) is 0 Å². The second kappa shape index (κ2) is 6.56. The maximum Gasteiger partial charge on any atom is 0.221 e. The molecule has 0 unspecified atom stereocenters. The van der Waals surface area contributed by atoms with Gasteiger partial charge in [0.15, 0.2) is 0 Å². The summed E-state index contributed by atoms with van der Waals surface area (Å²) in [5.41, 5.74) is 2.88. The zero-order valence-electron chi connectivity index (χ0n) is 11.5. The van der Waals surface area contributed by atoms with Crippen LogP contribution in [0.4, 0.5) is 11.4 Å². The van der Waals surface area contributed by atoms with Crippen molar-refractivity contribution in [2.75, 3.05) is 10.6 Å². The highest BCUT2D eigenvalue weighted by Crippen LogP contribution is 2.26. The van der Waals surface area contributed by atoms with Crippen molar-refractivity contribution in [3.63, 3.8) is 0 Å². The molecule has 0 aliphatic heterocycles. The van der Waals surface area contributed by atoms with Gasteiger partial charge in [0.05, 0.1) is 6.20 Å². The Labute approximate surface area is 126 Å². The molecular weight excluding hydrogens is 320 g/mol. The molecule has 0 fully saturated rings. The Hall–Kier alpha value is -1.82. The van der Waals surface area contributed by atoms with E-state index in [-0.39, 0.29) is 5.91 Å². The lowest BCUT2D eigenvalue weighted by atomic mass is 10.2. The van der Waals surface area contributed by atoms with Crippen LogP contribution in [-0.4, -0.2) is 15.7 Å². The summed E-state index contributed by atoms with van der Waals surface area (Å²) in [5.74, 6) is -0.0791. The topological polar surface area (TPSA) is 59.0 Å². The smallest absolute Gasteiger partial charge is 0.221 e. The van der Waals surface area contributed by atoms with Gasteiger partial charge < -0.3 is 10.6 Å². The number of anilines is 2. The van der Waals surface area contributed by atoms with E-state index in [1.165, 1.54) is 6.92 Å². The van der Waals surface area contributed by atoms with Gasteiger partial charge in [-0.3, -0.25) is 9.48 Å². The van der Waals surface area contributed by atoms with Crippen LogP contribution in [0, 0.1) is 0 Å². The van der Waals surface area contributed by atoms with E-state index >= 15 is 0 Å². The summed E-state index contributed by atoms with van der Waals surface area (Å²) in [6.07, 6.45) is 3.88. The molecule has 2 rings (SSSR count). The molecule has 0 saturated carbocycles. The molecule has 0 aliphatic carbocycles. The Morgan fingerprint density at radius 3 is 2.85 bits per heavy atom. The van der Waals surface area contributed by atoms with Crippen LogP contribution in [-0.2, 0) is 17.9 Å². The monoisotopic (exact) mass is 336 g/mol. The molecule has 0 saturated heterocycles. The lowest BCUT2D eigenvalue weighted by Crippen LogP contribution is -2.06. The van der Waals surface area contributed by atoms with E-state index in [2.05, 4.69) is 38.6 Å². The highest BCUT2D eigenvalue weighted by molar-refractivity contribution is 9.10. The number of aromatic nitrogens is 2. The molecule has 1 amide bonds. The zero-order chi connectivity index (χ0) is 14.5. The normalized spacial score (nSPS) is 10.3. The number of carbonyl (C=O) groups is 1. The van der Waals surface area contributed by atoms with E-state index in [0.29, 0.717) is 6.54 Å². The summed E-state index contributed by atoms with van der Waals surface area (Å²) in [6, 6.07) is 5.67. The van der Waals surface area contributed by atoms with Gasteiger partial charge in [-0.15, -0.1) is 0 Å². The van der Waals surface area contributed by atoms with E-state index in [1.54, 1.807) is 0 Å². The Morgan fingerprint density at radius 1 is 1.45 bits per heavy atom. The third-order valence-electron chi connectivity index (χ3n) is 2.78. The summed E-state index contributed by atoms with van der Waals surface area (Å²) in [6.45, 7) is 5.13. The van der Waals surface area contributed by atoms with Crippen molar-refractivity contribution < 1.29 is 4.79 Å². The molecule has 1 aromatic carbocycles. The van der Waals surface area contributed by atoms with E-state index in [0.717, 1.165) is 28.0 Å². The first-order valence-electron chi connectivity index (χ1n) is 6.41. The first-order valence-corrected chi connectivity index (χ1v) is 7.20. The van der Waals surface area contributed by atoms with Crippen LogP contribution in [0.2, 0.25) is 0 Å². The summed E-state index contributed by atoms with van der Waals surface area (Å²) in [5, 5.41) is 10.3. The summed E-state index contributed by atoms with van der Waals surface area (Å²) in [7, 11) is 0. The lowest BCUT2D eigenvalue weighted by molar-refractivity contribution is -0.114. The maximum atomic E-state index is 11.0. The van der Waals surface area contributed by atoms with Crippen LogP contribution in [0.3, 0.4) is 0 Å². The first-order chi connectivity index (χ1) is 9.58. The molecule has 6 heteroatoms. The predicted molar refractivity (Wildman–Crippen MR) is 83.7 cm³/mol. The summed E-state index contributed by atoms with van der Waals surface area (Å²) >= 11 is 3.49. The van der Waals surface area contributed by atoms with Crippen LogP contribution < -0.4 is 10.6 Å². The lowest BCUT2D eigenvalue weighted by Gasteiger charge is -2.09. The average Bonchev–Trinajstić information content (AvgIpc) is 2.85. The Morgan fingerprint density at radius 2 is 2.25 bits per heavy atom. The highest BCUT2D eigenvalue weighted by atomic mass is 79.9. The molecule has 0 bridgehead atoms. The molecule has 106 valence electrons. The summed E-state index contributed by atoms with van der Waals surface area (Å²) < 4.78 is 2.80. The molecule has 1 heterocycles. The maximum absolute atomic E-state index is 11.0. The largest absolute Gasteiger partial charge is 0.380 e. The fourth-order valence-electron chi connectivity index (χ4n) is 1.81. The second-order valence-corrected chi connectivity index (χ2v) is 5.29. The van der Waals surface area contributed by atoms with Gasteiger partial charge in [-0.2, -0.15) is 5.10 Å². The van der Waals surface area contributed by atoms with Crippen molar-refractivity contribution in [1.29, 1.82) is 0 Å². The molecule has 5 nitrogen and oxygen atoms in total. The Balaban J connectivity index is 2.00. The van der Waals surface area contributed by atoms with Crippen LogP contribution in [0.1, 0.15) is 19.4 Å². The predicted octanol–water partition coefficient (Wildman–Crippen LogP) is 3.24. The first kappa shape index (κ1) is 14.6. The van der Waals surface area contributed by atoms with Crippen LogP contribution in [0.15, 0.2) is 35.1 Å². The molecule has 2 aromatic rings. The van der Waals surface area contributed by atoms with Gasteiger partial charge in [0.2, 0.25) is 5.91 Å². The number of halogens is 1. The third kappa shape index (κ3) is 3.84. The van der Waals surface area contributed by atoms with Crippen LogP contribution >= 0.6 is 15.9 Å². The van der Waals surface area contributed by atoms with Gasteiger partial charge >= 0.3 is 0 Å². The average molecular weight is 337 g/mol. The van der Waals surface area contributed by atoms with Gasteiger partial charge in [0.25, 0.3) is 0 Å². The summed E-state index contributed by atoms with van der Waals surface area (Å²) in [4.78, 5) is 11.0.